The molecule has 0 amide bonds. The van der Waals surface area contributed by atoms with Crippen LogP contribution in [0, 0.1) is 0 Å². The van der Waals surface area contributed by atoms with Crippen molar-refractivity contribution in [2.24, 2.45) is 0 Å². The maximum atomic E-state index is 4.17. The fourth-order valence-electron chi connectivity index (χ4n) is 8.60. The van der Waals surface area contributed by atoms with Crippen LogP contribution in [0.1, 0.15) is 31.9 Å². The third-order valence-electron chi connectivity index (χ3n) is 10.9. The molecule has 0 saturated heterocycles. The average Bonchev–Trinajstić information content (AvgIpc) is 3.63. The van der Waals surface area contributed by atoms with Gasteiger partial charge in [0.05, 0.1) is 10.9 Å². The van der Waals surface area contributed by atoms with Crippen molar-refractivity contribution < 1.29 is 0 Å². The number of nitrogens with zero attached hydrogens (tertiary/aromatic N) is 1. The summed E-state index contributed by atoms with van der Waals surface area (Å²) >= 11 is 0. The molecule has 1 heteroatoms. The topological polar surface area (TPSA) is 4.93 Å². The first-order chi connectivity index (χ1) is 25.0. The molecule has 51 heavy (non-hydrogen) atoms. The van der Waals surface area contributed by atoms with Crippen molar-refractivity contribution in [3.05, 3.63) is 186 Å². The fraction of sp³-hybridized carbons (Fsp3) is 0.0800. The second-order valence-electron chi connectivity index (χ2n) is 14.1. The fourth-order valence-corrected chi connectivity index (χ4v) is 8.60. The normalized spacial score (nSPS) is 13.9. The first kappa shape index (κ1) is 30.8. The van der Waals surface area contributed by atoms with Crippen LogP contribution in [0.25, 0.3) is 84.0 Å². The van der Waals surface area contributed by atoms with Gasteiger partial charge in [0.25, 0.3) is 0 Å². The first-order valence-electron chi connectivity index (χ1n) is 17.8. The van der Waals surface area contributed by atoms with Crippen LogP contribution >= 0.6 is 0 Å². The smallest absolute Gasteiger partial charge is 0.0622 e. The van der Waals surface area contributed by atoms with E-state index in [1.165, 1.54) is 82.5 Å². The standard InChI is InChI=1S/C50H39N/c1-5-17-45-40(6-2)47-48-46(43-24-15-16-25-44(43)50(48,3)4)41-22-13-14-23-42(41)49(47)51(45)39-28-26-35(27-29-39)38-31-36(33-18-9-7-10-19-33)30-37(32-38)34-20-11-8-12-21-34/h5-32H,1H2,2-4H3/b40-6+,45-17+. The predicted molar refractivity (Wildman–Crippen MR) is 219 cm³/mol. The molecule has 0 saturated carbocycles. The number of hydrogen-bond donors (Lipinski definition) is 0. The molecule has 1 aromatic heterocycles. The van der Waals surface area contributed by atoms with Crippen LogP contribution in [-0.4, -0.2) is 4.57 Å². The summed E-state index contributed by atoms with van der Waals surface area (Å²) in [6, 6.07) is 55.4. The van der Waals surface area contributed by atoms with Gasteiger partial charge in [0, 0.05) is 27.1 Å². The summed E-state index contributed by atoms with van der Waals surface area (Å²) in [7, 11) is 0. The lowest BCUT2D eigenvalue weighted by molar-refractivity contribution is 0.666. The van der Waals surface area contributed by atoms with E-state index in [4.69, 9.17) is 0 Å². The van der Waals surface area contributed by atoms with E-state index in [0.717, 1.165) is 11.0 Å². The Bertz CT molecular complexity index is 2700. The molecule has 0 N–H and O–H groups in total. The molecule has 0 spiro atoms. The summed E-state index contributed by atoms with van der Waals surface area (Å²) in [5.74, 6) is 0. The Balaban J connectivity index is 1.30. The van der Waals surface area contributed by atoms with E-state index >= 15 is 0 Å². The Morgan fingerprint density at radius 3 is 1.69 bits per heavy atom. The summed E-state index contributed by atoms with van der Waals surface area (Å²) < 4.78 is 2.47. The largest absolute Gasteiger partial charge is 0.309 e. The van der Waals surface area contributed by atoms with E-state index in [1.807, 2.05) is 6.08 Å². The molecule has 0 aliphatic heterocycles. The van der Waals surface area contributed by atoms with Crippen molar-refractivity contribution in [3.63, 3.8) is 0 Å². The summed E-state index contributed by atoms with van der Waals surface area (Å²) in [4.78, 5) is 0. The van der Waals surface area contributed by atoms with Crippen molar-refractivity contribution in [1.82, 2.24) is 4.57 Å². The van der Waals surface area contributed by atoms with E-state index in [2.05, 4.69) is 196 Å². The molecular weight excluding hydrogens is 615 g/mol. The van der Waals surface area contributed by atoms with Gasteiger partial charge in [-0.25, -0.2) is 0 Å². The van der Waals surface area contributed by atoms with Gasteiger partial charge in [-0.2, -0.15) is 0 Å². The molecule has 9 rings (SSSR count). The SMILES string of the molecule is C=C/C=c1\c(=C/C)c2c3c(c4ccccc4c2n1-c1ccc(-c2cc(-c4ccccc4)cc(-c4ccccc4)c2)cc1)-c1ccccc1C3(C)C. The number of hydrogen-bond acceptors (Lipinski definition) is 0. The summed E-state index contributed by atoms with van der Waals surface area (Å²) in [6.07, 6.45) is 6.39. The van der Waals surface area contributed by atoms with Crippen molar-refractivity contribution in [1.29, 1.82) is 0 Å². The maximum Gasteiger partial charge on any atom is 0.0622 e. The highest BCUT2D eigenvalue weighted by Gasteiger charge is 2.39. The van der Waals surface area contributed by atoms with E-state index in [9.17, 15) is 0 Å². The third-order valence-corrected chi connectivity index (χ3v) is 10.9. The number of rotatable bonds is 5. The van der Waals surface area contributed by atoms with Gasteiger partial charge in [-0.1, -0.05) is 154 Å². The highest BCUT2D eigenvalue weighted by molar-refractivity contribution is 6.18. The molecule has 1 aliphatic rings. The molecule has 7 aromatic carbocycles. The molecule has 1 heterocycles. The highest BCUT2D eigenvalue weighted by Crippen LogP contribution is 2.54. The average molecular weight is 654 g/mol. The second-order valence-corrected chi connectivity index (χ2v) is 14.1. The zero-order chi connectivity index (χ0) is 34.7. The molecule has 0 bridgehead atoms. The Morgan fingerprint density at radius 2 is 1.10 bits per heavy atom. The zero-order valence-corrected chi connectivity index (χ0v) is 29.3. The van der Waals surface area contributed by atoms with Crippen molar-refractivity contribution >= 4 is 33.8 Å². The van der Waals surface area contributed by atoms with Gasteiger partial charge in [-0.3, -0.25) is 0 Å². The highest BCUT2D eigenvalue weighted by atomic mass is 15.0. The van der Waals surface area contributed by atoms with Crippen LogP contribution < -0.4 is 10.6 Å². The van der Waals surface area contributed by atoms with E-state index in [0.29, 0.717) is 0 Å². The van der Waals surface area contributed by atoms with Crippen LogP contribution in [0.5, 0.6) is 0 Å². The molecule has 0 unspecified atom stereocenters. The Kier molecular flexibility index (Phi) is 7.26. The molecule has 0 atom stereocenters. The lowest BCUT2D eigenvalue weighted by Crippen LogP contribution is -2.28. The van der Waals surface area contributed by atoms with Gasteiger partial charge >= 0.3 is 0 Å². The molecule has 244 valence electrons. The number of fused-ring (bicyclic) bond motifs is 8. The Labute approximate surface area is 299 Å². The molecule has 0 fully saturated rings. The van der Waals surface area contributed by atoms with E-state index in [1.54, 1.807) is 0 Å². The van der Waals surface area contributed by atoms with Gasteiger partial charge < -0.3 is 4.57 Å². The number of allylic oxidation sites excluding steroid dienone is 1. The molecule has 8 aromatic rings. The van der Waals surface area contributed by atoms with Crippen LogP contribution in [0.2, 0.25) is 0 Å². The van der Waals surface area contributed by atoms with Crippen LogP contribution in [0.15, 0.2) is 164 Å². The van der Waals surface area contributed by atoms with Crippen molar-refractivity contribution in [3.8, 4) is 50.2 Å². The van der Waals surface area contributed by atoms with Gasteiger partial charge in [-0.15, -0.1) is 0 Å². The first-order valence-corrected chi connectivity index (χ1v) is 17.8. The van der Waals surface area contributed by atoms with E-state index in [-0.39, 0.29) is 5.41 Å². The van der Waals surface area contributed by atoms with E-state index < -0.39 is 0 Å². The summed E-state index contributed by atoms with van der Waals surface area (Å²) in [5, 5.41) is 6.29. The Hall–Kier alpha value is -6.18. The monoisotopic (exact) mass is 653 g/mol. The van der Waals surface area contributed by atoms with Gasteiger partial charge in [0.15, 0.2) is 0 Å². The summed E-state index contributed by atoms with van der Waals surface area (Å²) in [6.45, 7) is 11.1. The minimum absolute atomic E-state index is 0.159. The third kappa shape index (κ3) is 4.77. The molecule has 1 nitrogen and oxygen atoms in total. The minimum Gasteiger partial charge on any atom is -0.309 e. The molecule has 1 aliphatic carbocycles. The van der Waals surface area contributed by atoms with Crippen LogP contribution in [0.3, 0.4) is 0 Å². The zero-order valence-electron chi connectivity index (χ0n) is 29.3. The van der Waals surface area contributed by atoms with Gasteiger partial charge in [0.1, 0.15) is 0 Å². The van der Waals surface area contributed by atoms with Crippen molar-refractivity contribution in [2.45, 2.75) is 26.2 Å². The minimum atomic E-state index is -0.159. The Morgan fingerprint density at radius 1 is 0.569 bits per heavy atom. The quantitative estimate of drug-likeness (QED) is 0.174. The lowest BCUT2D eigenvalue weighted by Gasteiger charge is -2.23. The van der Waals surface area contributed by atoms with Crippen LogP contribution in [-0.2, 0) is 5.41 Å². The molecular formula is C50H39N. The number of benzene rings is 7. The van der Waals surface area contributed by atoms with Crippen LogP contribution in [0.4, 0.5) is 0 Å². The van der Waals surface area contributed by atoms with Crippen molar-refractivity contribution in [2.75, 3.05) is 0 Å². The number of aromatic nitrogens is 1. The predicted octanol–water partition coefficient (Wildman–Crippen LogP) is 11.9. The molecule has 0 radical (unpaired) electrons. The van der Waals surface area contributed by atoms with Gasteiger partial charge in [0.2, 0.25) is 0 Å². The summed E-state index contributed by atoms with van der Waals surface area (Å²) in [5.41, 5.74) is 15.0. The lowest BCUT2D eigenvalue weighted by atomic mass is 9.80. The second kappa shape index (κ2) is 12.0. The maximum absolute atomic E-state index is 4.17. The van der Waals surface area contributed by atoms with Gasteiger partial charge in [-0.05, 0) is 104 Å².